The quantitative estimate of drug-likeness (QED) is 0.745. The highest BCUT2D eigenvalue weighted by Gasteiger charge is 2.11. The number of phenolic OH excluding ortho intramolecular Hbond substituents is 1. The zero-order valence-electron chi connectivity index (χ0n) is 13.4. The second-order valence-electron chi connectivity index (χ2n) is 5.65. The van der Waals surface area contributed by atoms with Crippen LogP contribution in [0.15, 0.2) is 36.4 Å². The van der Waals surface area contributed by atoms with Crippen molar-refractivity contribution in [3.8, 4) is 5.75 Å². The minimum absolute atomic E-state index is 0.290. The van der Waals surface area contributed by atoms with E-state index in [1.807, 2.05) is 26.0 Å². The molecule has 0 saturated heterocycles. The fraction of sp³-hybridized carbons (Fsp3) is 0.368. The third-order valence-electron chi connectivity index (χ3n) is 4.07. The molecule has 0 heterocycles. The Morgan fingerprint density at radius 2 is 1.67 bits per heavy atom. The minimum atomic E-state index is 0.290. The number of anilines is 1. The lowest BCUT2D eigenvalue weighted by atomic mass is 10.0. The first-order valence-electron chi connectivity index (χ1n) is 7.70. The third-order valence-corrected chi connectivity index (χ3v) is 4.07. The van der Waals surface area contributed by atoms with Gasteiger partial charge in [-0.05, 0) is 61.1 Å². The van der Waals surface area contributed by atoms with E-state index < -0.39 is 0 Å². The van der Waals surface area contributed by atoms with Crippen molar-refractivity contribution in [3.63, 3.8) is 0 Å². The van der Waals surface area contributed by atoms with Crippen LogP contribution in [0, 0.1) is 13.8 Å². The van der Waals surface area contributed by atoms with Gasteiger partial charge < -0.3 is 10.4 Å². The number of hydrogen-bond donors (Lipinski definition) is 2. The van der Waals surface area contributed by atoms with Crippen LogP contribution in [-0.2, 0) is 6.42 Å². The first-order valence-corrected chi connectivity index (χ1v) is 7.70. The Balaban J connectivity index is 2.24. The fourth-order valence-electron chi connectivity index (χ4n) is 2.55. The lowest BCUT2D eigenvalue weighted by Gasteiger charge is -2.21. The van der Waals surface area contributed by atoms with Crippen molar-refractivity contribution in [1.82, 2.24) is 0 Å². The monoisotopic (exact) mass is 283 g/mol. The first kappa shape index (κ1) is 15.4. The van der Waals surface area contributed by atoms with Crippen LogP contribution < -0.4 is 5.32 Å². The van der Waals surface area contributed by atoms with Gasteiger partial charge in [0.05, 0.1) is 6.04 Å². The summed E-state index contributed by atoms with van der Waals surface area (Å²) in [4.78, 5) is 0. The first-order chi connectivity index (χ1) is 10.0. The molecule has 0 aliphatic carbocycles. The molecule has 0 aliphatic rings. The Hall–Kier alpha value is -1.96. The van der Waals surface area contributed by atoms with E-state index in [9.17, 15) is 5.11 Å². The van der Waals surface area contributed by atoms with E-state index in [1.165, 1.54) is 11.1 Å². The van der Waals surface area contributed by atoms with E-state index in [4.69, 9.17) is 0 Å². The van der Waals surface area contributed by atoms with E-state index in [0.29, 0.717) is 11.8 Å². The number of rotatable bonds is 5. The summed E-state index contributed by atoms with van der Waals surface area (Å²) in [6, 6.07) is 13.0. The van der Waals surface area contributed by atoms with Gasteiger partial charge in [0.2, 0.25) is 0 Å². The van der Waals surface area contributed by atoms with Gasteiger partial charge in [0.15, 0.2) is 0 Å². The number of benzene rings is 2. The Morgan fingerprint density at radius 1 is 1.00 bits per heavy atom. The normalized spacial score (nSPS) is 12.2. The zero-order valence-corrected chi connectivity index (χ0v) is 13.4. The molecule has 2 aromatic carbocycles. The highest BCUT2D eigenvalue weighted by molar-refractivity contribution is 5.57. The molecule has 2 aromatic rings. The molecule has 2 nitrogen and oxygen atoms in total. The molecule has 0 bridgehead atoms. The number of hydrogen-bond acceptors (Lipinski definition) is 2. The molecule has 0 radical (unpaired) electrons. The molecule has 0 aromatic heterocycles. The standard InChI is InChI=1S/C19H25NO/c1-5-15-7-9-16(10-8-15)17(6-2)20-18-11-14(4)19(21)12-13(18)3/h7-12,17,20-21H,5-6H2,1-4H3. The van der Waals surface area contributed by atoms with Gasteiger partial charge in [0.25, 0.3) is 0 Å². The lowest BCUT2D eigenvalue weighted by Crippen LogP contribution is -2.10. The van der Waals surface area contributed by atoms with Gasteiger partial charge in [-0.15, -0.1) is 0 Å². The highest BCUT2D eigenvalue weighted by Crippen LogP contribution is 2.29. The zero-order chi connectivity index (χ0) is 15.4. The predicted molar refractivity (Wildman–Crippen MR) is 90.1 cm³/mol. The Morgan fingerprint density at radius 3 is 2.24 bits per heavy atom. The van der Waals surface area contributed by atoms with Crippen LogP contribution in [0.25, 0.3) is 0 Å². The number of phenols is 1. The average Bonchev–Trinajstić information content (AvgIpc) is 2.50. The van der Waals surface area contributed by atoms with Crippen molar-refractivity contribution >= 4 is 5.69 Å². The molecular formula is C19H25NO. The van der Waals surface area contributed by atoms with Crippen molar-refractivity contribution in [2.75, 3.05) is 5.32 Å². The minimum Gasteiger partial charge on any atom is -0.508 e. The maximum absolute atomic E-state index is 9.76. The molecule has 21 heavy (non-hydrogen) atoms. The van der Waals surface area contributed by atoms with Crippen LogP contribution in [-0.4, -0.2) is 5.11 Å². The van der Waals surface area contributed by atoms with Crippen molar-refractivity contribution in [2.24, 2.45) is 0 Å². The van der Waals surface area contributed by atoms with E-state index in [0.717, 1.165) is 29.7 Å². The lowest BCUT2D eigenvalue weighted by molar-refractivity contribution is 0.470. The molecule has 1 unspecified atom stereocenters. The average molecular weight is 283 g/mol. The highest BCUT2D eigenvalue weighted by atomic mass is 16.3. The molecule has 2 heteroatoms. The maximum Gasteiger partial charge on any atom is 0.118 e. The Labute approximate surface area is 127 Å². The maximum atomic E-state index is 9.76. The van der Waals surface area contributed by atoms with Crippen molar-refractivity contribution in [1.29, 1.82) is 0 Å². The Kier molecular flexibility index (Phi) is 4.89. The SMILES string of the molecule is CCc1ccc(C(CC)Nc2cc(C)c(O)cc2C)cc1. The van der Waals surface area contributed by atoms with Crippen LogP contribution in [0.1, 0.15) is 48.6 Å². The smallest absolute Gasteiger partial charge is 0.118 e. The molecule has 112 valence electrons. The second-order valence-corrected chi connectivity index (χ2v) is 5.65. The number of nitrogens with one attached hydrogen (secondary N) is 1. The summed E-state index contributed by atoms with van der Waals surface area (Å²) in [5.41, 5.74) is 5.74. The Bertz CT molecular complexity index is 602. The second kappa shape index (κ2) is 6.66. The summed E-state index contributed by atoms with van der Waals surface area (Å²) in [6.07, 6.45) is 2.09. The molecule has 0 saturated carbocycles. The van der Waals surface area contributed by atoms with Crippen molar-refractivity contribution < 1.29 is 5.11 Å². The predicted octanol–water partition coefficient (Wildman–Crippen LogP) is 5.13. The molecule has 2 rings (SSSR count). The van der Waals surface area contributed by atoms with Gasteiger partial charge in [-0.25, -0.2) is 0 Å². The van der Waals surface area contributed by atoms with Crippen molar-refractivity contribution in [3.05, 3.63) is 58.7 Å². The van der Waals surface area contributed by atoms with Crippen LogP contribution in [0.5, 0.6) is 5.75 Å². The summed E-state index contributed by atoms with van der Waals surface area (Å²) in [7, 11) is 0. The van der Waals surface area contributed by atoms with Crippen LogP contribution in [0.2, 0.25) is 0 Å². The van der Waals surface area contributed by atoms with E-state index in [2.05, 4.69) is 43.4 Å². The van der Waals surface area contributed by atoms with Gasteiger partial charge in [-0.3, -0.25) is 0 Å². The molecule has 2 N–H and O–H groups in total. The van der Waals surface area contributed by atoms with Gasteiger partial charge in [-0.2, -0.15) is 0 Å². The number of aryl methyl sites for hydroxylation is 3. The summed E-state index contributed by atoms with van der Waals surface area (Å²) in [6.45, 7) is 8.31. The van der Waals surface area contributed by atoms with Crippen LogP contribution in [0.3, 0.4) is 0 Å². The summed E-state index contributed by atoms with van der Waals surface area (Å²) in [5, 5.41) is 13.4. The van der Waals surface area contributed by atoms with E-state index in [1.54, 1.807) is 0 Å². The van der Waals surface area contributed by atoms with Crippen LogP contribution in [0.4, 0.5) is 5.69 Å². The molecule has 0 spiro atoms. The largest absolute Gasteiger partial charge is 0.508 e. The van der Waals surface area contributed by atoms with Crippen LogP contribution >= 0.6 is 0 Å². The van der Waals surface area contributed by atoms with Gasteiger partial charge in [0.1, 0.15) is 5.75 Å². The van der Waals surface area contributed by atoms with E-state index in [-0.39, 0.29) is 0 Å². The van der Waals surface area contributed by atoms with Crippen molar-refractivity contribution in [2.45, 2.75) is 46.6 Å². The molecule has 0 fully saturated rings. The molecule has 0 aliphatic heterocycles. The summed E-state index contributed by atoms with van der Waals surface area (Å²) < 4.78 is 0. The third kappa shape index (κ3) is 3.57. The topological polar surface area (TPSA) is 32.3 Å². The van der Waals surface area contributed by atoms with Gasteiger partial charge >= 0.3 is 0 Å². The summed E-state index contributed by atoms with van der Waals surface area (Å²) in [5.74, 6) is 0.360. The van der Waals surface area contributed by atoms with Gasteiger partial charge in [-0.1, -0.05) is 38.1 Å². The number of aromatic hydroxyl groups is 1. The fourth-order valence-corrected chi connectivity index (χ4v) is 2.55. The van der Waals surface area contributed by atoms with E-state index >= 15 is 0 Å². The van der Waals surface area contributed by atoms with Gasteiger partial charge in [0, 0.05) is 5.69 Å². The summed E-state index contributed by atoms with van der Waals surface area (Å²) >= 11 is 0. The molecule has 0 amide bonds. The molecular weight excluding hydrogens is 258 g/mol. The molecule has 1 atom stereocenters.